The monoisotopic (exact) mass is 372 g/mol. The number of imidazole rings is 1. The predicted octanol–water partition coefficient (Wildman–Crippen LogP) is 0.740. The summed E-state index contributed by atoms with van der Waals surface area (Å²) in [6.45, 7) is 3.35. The van der Waals surface area contributed by atoms with Gasteiger partial charge in [-0.25, -0.2) is 18.5 Å². The zero-order valence-electron chi connectivity index (χ0n) is 14.2. The van der Waals surface area contributed by atoms with Gasteiger partial charge in [-0.2, -0.15) is 5.10 Å². The van der Waals surface area contributed by atoms with Crippen LogP contribution in [0.1, 0.15) is 11.3 Å². The highest BCUT2D eigenvalue weighted by atomic mass is 32.2. The van der Waals surface area contributed by atoms with Crippen LogP contribution < -0.4 is 10.5 Å². The van der Waals surface area contributed by atoms with E-state index in [1.165, 1.54) is 17.8 Å². The topological polar surface area (TPSA) is 108 Å². The van der Waals surface area contributed by atoms with Crippen LogP contribution in [0.5, 0.6) is 0 Å². The largest absolute Gasteiger partial charge is 0.329 e. The highest BCUT2D eigenvalue weighted by Gasteiger charge is 2.16. The van der Waals surface area contributed by atoms with Crippen molar-refractivity contribution in [3.8, 4) is 11.5 Å². The fourth-order valence-corrected chi connectivity index (χ4v) is 3.64. The van der Waals surface area contributed by atoms with E-state index in [0.29, 0.717) is 0 Å². The second kappa shape index (κ2) is 6.67. The summed E-state index contributed by atoms with van der Waals surface area (Å²) in [6.07, 6.45) is 4.46. The summed E-state index contributed by atoms with van der Waals surface area (Å²) in [7, 11) is -3.65. The number of hydrogen-bond acceptors (Lipinski definition) is 5. The molecule has 3 heterocycles. The van der Waals surface area contributed by atoms with Crippen LogP contribution in [0.25, 0.3) is 11.5 Å². The molecule has 0 spiro atoms. The van der Waals surface area contributed by atoms with Gasteiger partial charge in [-0.15, -0.1) is 0 Å². The molecular weight excluding hydrogens is 352 g/mol. The first-order valence-corrected chi connectivity index (χ1v) is 9.96. The lowest BCUT2D eigenvalue weighted by atomic mass is 10.1. The number of primary sulfonamides is 1. The van der Waals surface area contributed by atoms with Gasteiger partial charge in [0.1, 0.15) is 5.69 Å². The molecule has 8 nitrogen and oxygen atoms in total. The summed E-state index contributed by atoms with van der Waals surface area (Å²) in [5.74, 6) is 0.841. The molecule has 2 aromatic heterocycles. The summed E-state index contributed by atoms with van der Waals surface area (Å²) in [6, 6.07) is 8.73. The molecule has 9 heteroatoms. The molecule has 1 aliphatic rings. The lowest BCUT2D eigenvalue weighted by molar-refractivity contribution is 0.476. The molecule has 3 aromatic rings. The summed E-state index contributed by atoms with van der Waals surface area (Å²) >= 11 is 0. The summed E-state index contributed by atoms with van der Waals surface area (Å²) in [5.41, 5.74) is 3.07. The van der Waals surface area contributed by atoms with Gasteiger partial charge >= 0.3 is 0 Å². The molecule has 3 N–H and O–H groups in total. The second-order valence-electron chi connectivity index (χ2n) is 6.30. The summed E-state index contributed by atoms with van der Waals surface area (Å²) in [4.78, 5) is 4.59. The number of hydrogen-bond donors (Lipinski definition) is 2. The summed E-state index contributed by atoms with van der Waals surface area (Å²) < 4.78 is 26.7. The van der Waals surface area contributed by atoms with Crippen LogP contribution in [0.15, 0.2) is 47.6 Å². The molecule has 4 rings (SSSR count). The van der Waals surface area contributed by atoms with Crippen LogP contribution in [-0.4, -0.2) is 34.3 Å². The predicted molar refractivity (Wildman–Crippen MR) is 96.7 cm³/mol. The van der Waals surface area contributed by atoms with Crippen molar-refractivity contribution in [1.82, 2.24) is 24.6 Å². The van der Waals surface area contributed by atoms with Gasteiger partial charge in [-0.05, 0) is 30.2 Å². The van der Waals surface area contributed by atoms with E-state index in [-0.39, 0.29) is 4.90 Å². The van der Waals surface area contributed by atoms with Crippen molar-refractivity contribution < 1.29 is 8.42 Å². The van der Waals surface area contributed by atoms with Gasteiger partial charge in [-0.3, -0.25) is 4.68 Å². The third-order valence-electron chi connectivity index (χ3n) is 4.51. The highest BCUT2D eigenvalue weighted by Crippen LogP contribution is 2.19. The molecule has 0 unspecified atom stereocenters. The smallest absolute Gasteiger partial charge is 0.238 e. The van der Waals surface area contributed by atoms with Crippen molar-refractivity contribution in [3.05, 3.63) is 54.0 Å². The molecule has 0 atom stereocenters. The minimum Gasteiger partial charge on any atom is -0.329 e. The Bertz CT molecular complexity index is 996. The van der Waals surface area contributed by atoms with Crippen LogP contribution in [0, 0.1) is 0 Å². The maximum Gasteiger partial charge on any atom is 0.238 e. The van der Waals surface area contributed by atoms with E-state index in [9.17, 15) is 8.42 Å². The number of benzene rings is 1. The van der Waals surface area contributed by atoms with Gasteiger partial charge < -0.3 is 9.88 Å². The van der Waals surface area contributed by atoms with E-state index >= 15 is 0 Å². The van der Waals surface area contributed by atoms with Gasteiger partial charge in [0.25, 0.3) is 0 Å². The van der Waals surface area contributed by atoms with Crippen molar-refractivity contribution in [1.29, 1.82) is 0 Å². The van der Waals surface area contributed by atoms with Crippen LogP contribution in [0.2, 0.25) is 0 Å². The van der Waals surface area contributed by atoms with Gasteiger partial charge in [0, 0.05) is 32.0 Å². The molecule has 0 saturated carbocycles. The highest BCUT2D eigenvalue weighted by molar-refractivity contribution is 7.89. The van der Waals surface area contributed by atoms with Crippen molar-refractivity contribution in [2.75, 3.05) is 6.54 Å². The molecule has 0 radical (unpaired) electrons. The van der Waals surface area contributed by atoms with Crippen LogP contribution in [-0.2, 0) is 36.1 Å². The fraction of sp³-hybridized carbons (Fsp3) is 0.294. The van der Waals surface area contributed by atoms with Crippen LogP contribution >= 0.6 is 0 Å². The first-order chi connectivity index (χ1) is 12.5. The second-order valence-corrected chi connectivity index (χ2v) is 7.87. The number of aryl methyl sites for hydroxylation is 2. The number of nitrogens with two attached hydrogens (primary N) is 1. The van der Waals surface area contributed by atoms with Crippen molar-refractivity contribution in [2.45, 2.75) is 31.0 Å². The Hall–Kier alpha value is -2.49. The molecule has 0 fully saturated rings. The van der Waals surface area contributed by atoms with E-state index in [4.69, 9.17) is 5.14 Å². The van der Waals surface area contributed by atoms with Gasteiger partial charge in [0.2, 0.25) is 10.0 Å². The zero-order chi connectivity index (χ0) is 18.1. The Morgan fingerprint density at radius 2 is 2.04 bits per heavy atom. The molecule has 0 aliphatic carbocycles. The van der Waals surface area contributed by atoms with E-state index < -0.39 is 10.0 Å². The molecule has 0 bridgehead atoms. The molecule has 1 aromatic carbocycles. The normalized spacial score (nSPS) is 14.3. The molecule has 136 valence electrons. The number of rotatable bonds is 5. The standard InChI is InChI=1S/C17H20N6O2S/c18-26(24,25)15-3-1-13(2-4-15)5-8-22-9-7-20-17(22)16-11-14-12-19-6-10-23(14)21-16/h1-4,7,9,11,19H,5-6,8,10,12H2,(H2,18,24,25). The minimum atomic E-state index is -3.65. The molecule has 1 aliphatic heterocycles. The summed E-state index contributed by atoms with van der Waals surface area (Å²) in [5, 5.41) is 13.1. The van der Waals surface area contributed by atoms with Crippen molar-refractivity contribution in [2.24, 2.45) is 5.14 Å². The Labute approximate surface area is 151 Å². The third kappa shape index (κ3) is 3.41. The number of fused-ring (bicyclic) bond motifs is 1. The minimum absolute atomic E-state index is 0.127. The molecule has 0 saturated heterocycles. The number of sulfonamides is 1. The SMILES string of the molecule is NS(=O)(=O)c1ccc(CCn2ccnc2-c2cc3n(n2)CCNC3)cc1. The van der Waals surface area contributed by atoms with Crippen LogP contribution in [0.4, 0.5) is 0 Å². The number of nitrogens with zero attached hydrogens (tertiary/aromatic N) is 4. The van der Waals surface area contributed by atoms with Crippen molar-refractivity contribution in [3.63, 3.8) is 0 Å². The molecule has 26 heavy (non-hydrogen) atoms. The Balaban J connectivity index is 1.50. The third-order valence-corrected chi connectivity index (χ3v) is 5.44. The first-order valence-electron chi connectivity index (χ1n) is 8.41. The zero-order valence-corrected chi connectivity index (χ0v) is 15.0. The number of nitrogens with one attached hydrogen (secondary N) is 1. The van der Waals surface area contributed by atoms with Gasteiger partial charge in [0.15, 0.2) is 5.82 Å². The fourth-order valence-electron chi connectivity index (χ4n) is 3.12. The quantitative estimate of drug-likeness (QED) is 0.687. The van der Waals surface area contributed by atoms with Gasteiger partial charge in [-0.1, -0.05) is 12.1 Å². The molecular formula is C17H20N6O2S. The Morgan fingerprint density at radius 1 is 1.23 bits per heavy atom. The van der Waals surface area contributed by atoms with Gasteiger partial charge in [0.05, 0.1) is 17.1 Å². The first kappa shape index (κ1) is 17.0. The van der Waals surface area contributed by atoms with E-state index in [0.717, 1.165) is 49.7 Å². The Kier molecular flexibility index (Phi) is 4.35. The Morgan fingerprint density at radius 3 is 2.77 bits per heavy atom. The molecule has 0 amide bonds. The lowest BCUT2D eigenvalue weighted by Crippen LogP contribution is -2.28. The van der Waals surface area contributed by atoms with E-state index in [1.807, 2.05) is 10.9 Å². The van der Waals surface area contributed by atoms with E-state index in [2.05, 4.69) is 26.0 Å². The van der Waals surface area contributed by atoms with Crippen LogP contribution in [0.3, 0.4) is 0 Å². The lowest BCUT2D eigenvalue weighted by Gasteiger charge is -2.13. The van der Waals surface area contributed by atoms with Crippen molar-refractivity contribution >= 4 is 10.0 Å². The maximum absolute atomic E-state index is 11.3. The maximum atomic E-state index is 11.3. The average Bonchev–Trinajstić information content (AvgIpc) is 3.25. The van der Waals surface area contributed by atoms with E-state index in [1.54, 1.807) is 18.3 Å². The average molecular weight is 372 g/mol. The number of aromatic nitrogens is 4.